The van der Waals surface area contributed by atoms with Gasteiger partial charge < -0.3 is 29.7 Å². The van der Waals surface area contributed by atoms with E-state index in [2.05, 4.69) is 34.6 Å². The van der Waals surface area contributed by atoms with E-state index >= 15 is 0 Å². The molecule has 1 fully saturated rings. The summed E-state index contributed by atoms with van der Waals surface area (Å²) in [6.45, 7) is 5.74. The van der Waals surface area contributed by atoms with Crippen molar-refractivity contribution in [3.63, 3.8) is 0 Å². The molecule has 3 rings (SSSR count). The number of fused-ring (bicyclic) bond motifs is 1. The number of carbonyl (C=O) groups is 4. The Hall–Kier alpha value is -3.21. The average molecular weight is 726 g/mol. The molecule has 1 aromatic rings. The summed E-state index contributed by atoms with van der Waals surface area (Å²) >= 11 is 1.06. The number of nitrogens with one attached hydrogen (secondary N) is 2. The van der Waals surface area contributed by atoms with Crippen LogP contribution in [-0.2, 0) is 49.0 Å². The summed E-state index contributed by atoms with van der Waals surface area (Å²) in [5.74, 6) is -2.19. The molecule has 0 radical (unpaired) electrons. The lowest BCUT2D eigenvalue weighted by Gasteiger charge is -2.48. The maximum absolute atomic E-state index is 13.4. The molecule has 2 unspecified atom stereocenters. The minimum Gasteiger partial charge on any atom is -0.453 e. The van der Waals surface area contributed by atoms with Crippen molar-refractivity contribution in [1.29, 1.82) is 0 Å². The first-order chi connectivity index (χ1) is 23.9. The molecule has 49 heavy (non-hydrogen) atoms. The van der Waals surface area contributed by atoms with E-state index < -0.39 is 46.1 Å². The summed E-state index contributed by atoms with van der Waals surface area (Å²) in [6, 6.07) is -1.18. The van der Waals surface area contributed by atoms with E-state index in [4.69, 9.17) is 19.0 Å². The van der Waals surface area contributed by atoms with Crippen LogP contribution in [0.15, 0.2) is 22.3 Å². The lowest BCUT2D eigenvalue weighted by atomic mass is 10.0. The highest BCUT2D eigenvalue weighted by atomic mass is 32.2. The molecule has 3 atom stereocenters. The molecule has 3 amide bonds. The van der Waals surface area contributed by atoms with Crippen LogP contribution in [0.2, 0.25) is 0 Å². The van der Waals surface area contributed by atoms with Gasteiger partial charge in [0.05, 0.1) is 24.0 Å². The number of thiazole rings is 1. The topological polar surface area (TPSA) is 175 Å². The lowest BCUT2D eigenvalue weighted by molar-refractivity contribution is -0.159. The number of ether oxygens (including phenoxy) is 3. The smallest absolute Gasteiger partial charge is 0.355 e. The minimum atomic E-state index is -1.60. The number of rotatable bonds is 26. The average Bonchev–Trinajstić information content (AvgIpc) is 3.56. The van der Waals surface area contributed by atoms with Crippen LogP contribution in [0.3, 0.4) is 0 Å². The number of hydrogen-bond donors (Lipinski definition) is 2. The third-order valence-electron chi connectivity index (χ3n) is 8.00. The van der Waals surface area contributed by atoms with Crippen LogP contribution in [0, 0.1) is 0 Å². The van der Waals surface area contributed by atoms with Crippen molar-refractivity contribution in [2.75, 3.05) is 44.6 Å². The molecule has 2 aliphatic heterocycles. The van der Waals surface area contributed by atoms with Gasteiger partial charge >= 0.3 is 5.97 Å². The summed E-state index contributed by atoms with van der Waals surface area (Å²) in [4.78, 5) is 60.7. The molecule has 1 saturated heterocycles. The Morgan fingerprint density at radius 1 is 1.04 bits per heavy atom. The van der Waals surface area contributed by atoms with E-state index in [9.17, 15) is 23.4 Å². The summed E-state index contributed by atoms with van der Waals surface area (Å²) in [5, 5.41) is 9.40. The van der Waals surface area contributed by atoms with Gasteiger partial charge in [0.1, 0.15) is 36.0 Å². The quantitative estimate of drug-likeness (QED) is 0.0355. The molecule has 3 heterocycles. The van der Waals surface area contributed by atoms with Gasteiger partial charge in [-0.25, -0.2) is 9.78 Å². The number of β-lactam (4-membered cyclic amide) rings is 1. The Kier molecular flexibility index (Phi) is 18.5. The first-order valence-corrected chi connectivity index (χ1v) is 19.5. The number of aromatic nitrogens is 1. The summed E-state index contributed by atoms with van der Waals surface area (Å²) in [7, 11) is -0.361. The Balaban J connectivity index is 1.59. The van der Waals surface area contributed by atoms with Crippen molar-refractivity contribution >= 4 is 57.2 Å². The van der Waals surface area contributed by atoms with Crippen LogP contribution in [0.5, 0.6) is 0 Å². The van der Waals surface area contributed by atoms with E-state index in [0.29, 0.717) is 19.6 Å². The summed E-state index contributed by atoms with van der Waals surface area (Å²) < 4.78 is 30.6. The van der Waals surface area contributed by atoms with Gasteiger partial charge in [-0.3, -0.25) is 23.5 Å². The fourth-order valence-electron chi connectivity index (χ4n) is 5.39. The lowest BCUT2D eigenvalue weighted by Crippen LogP contribution is -2.73. The number of hydrogen-bond acceptors (Lipinski definition) is 12. The Morgan fingerprint density at radius 3 is 2.24 bits per heavy atom. The summed E-state index contributed by atoms with van der Waals surface area (Å²) in [6.07, 6.45) is 14.7. The Morgan fingerprint density at radius 2 is 1.65 bits per heavy atom. The number of esters is 1. The van der Waals surface area contributed by atoms with E-state index in [1.165, 1.54) is 57.1 Å². The van der Waals surface area contributed by atoms with Gasteiger partial charge in [0, 0.05) is 24.3 Å². The number of oxime groups is 1. The van der Waals surface area contributed by atoms with Crippen LogP contribution in [-0.4, -0.2) is 101 Å². The van der Waals surface area contributed by atoms with Gasteiger partial charge in [0.25, 0.3) is 11.8 Å². The molecule has 0 aliphatic carbocycles. The first-order valence-electron chi connectivity index (χ1n) is 17.2. The van der Waals surface area contributed by atoms with E-state index in [-0.39, 0.29) is 41.2 Å². The highest BCUT2D eigenvalue weighted by molar-refractivity contribution is 7.86. The molecule has 1 aromatic heterocycles. The van der Waals surface area contributed by atoms with Crippen LogP contribution in [0.4, 0.5) is 5.13 Å². The third kappa shape index (κ3) is 12.6. The van der Waals surface area contributed by atoms with Crippen molar-refractivity contribution in [1.82, 2.24) is 15.2 Å². The maximum Gasteiger partial charge on any atom is 0.355 e. The van der Waals surface area contributed by atoms with Crippen LogP contribution < -0.4 is 10.6 Å². The predicted molar refractivity (Wildman–Crippen MR) is 187 cm³/mol. The standard InChI is InChI=1S/C33H51N5O9S2/c1-4-6-8-10-12-14-17-45-20-24(21-46-18-15-13-11-9-7-5-2)47-32(42)26-16-19-49(43)31-28(30(41)38(26)31)36-29(40)27(37-44-3)25-22-48-33(35-25)34-23-39/h16,22-24,28,31H,4-15,17-21H2,1-3H3,(H,36,40)(H,34,35,39)/t28?,31-,49?/m1/s1. The molecular weight excluding hydrogens is 675 g/mol. The monoisotopic (exact) mass is 725 g/mol. The highest BCUT2D eigenvalue weighted by Gasteiger charge is 2.56. The van der Waals surface area contributed by atoms with E-state index in [0.717, 1.165) is 54.8 Å². The van der Waals surface area contributed by atoms with Gasteiger partial charge in [-0.15, -0.1) is 11.3 Å². The van der Waals surface area contributed by atoms with Crippen molar-refractivity contribution in [3.05, 3.63) is 22.8 Å². The zero-order chi connectivity index (χ0) is 35.4. The molecule has 2 N–H and O–H groups in total. The van der Waals surface area contributed by atoms with Gasteiger partial charge in [-0.2, -0.15) is 0 Å². The van der Waals surface area contributed by atoms with E-state index in [1.54, 1.807) is 0 Å². The molecule has 14 nitrogen and oxygen atoms in total. The van der Waals surface area contributed by atoms with Crippen LogP contribution in [0.1, 0.15) is 96.6 Å². The first kappa shape index (κ1) is 40.2. The second-order valence-electron chi connectivity index (χ2n) is 11.8. The second-order valence-corrected chi connectivity index (χ2v) is 14.3. The SMILES string of the molecule is CCCCCCCCOCC(COCCCCCCCC)OC(=O)C1=CCS(=O)[C@@H]2C(NC(=O)C(=NOC)c3csc(NC=O)n3)C(=O)N12. The van der Waals surface area contributed by atoms with Gasteiger partial charge in [0.2, 0.25) is 6.41 Å². The van der Waals surface area contributed by atoms with Crippen molar-refractivity contribution in [2.45, 2.75) is 108 Å². The molecule has 0 saturated carbocycles. The zero-order valence-corrected chi connectivity index (χ0v) is 30.5. The number of unbranched alkanes of at least 4 members (excludes halogenated alkanes) is 10. The zero-order valence-electron chi connectivity index (χ0n) is 28.8. The molecule has 2 aliphatic rings. The predicted octanol–water partition coefficient (Wildman–Crippen LogP) is 4.03. The molecule has 0 bridgehead atoms. The van der Waals surface area contributed by atoms with Crippen molar-refractivity contribution < 1.29 is 42.4 Å². The molecule has 0 aromatic carbocycles. The second kappa shape index (κ2) is 22.5. The number of carbonyl (C=O) groups excluding carboxylic acids is 4. The van der Waals surface area contributed by atoms with E-state index in [1.807, 2.05) is 0 Å². The minimum absolute atomic E-state index is 0.00912. The third-order valence-corrected chi connectivity index (χ3v) is 10.3. The van der Waals surface area contributed by atoms with Gasteiger partial charge in [-0.05, 0) is 18.9 Å². The Labute approximate surface area is 295 Å². The van der Waals surface area contributed by atoms with Crippen molar-refractivity contribution in [2.24, 2.45) is 5.16 Å². The number of amides is 3. The van der Waals surface area contributed by atoms with Crippen LogP contribution >= 0.6 is 11.3 Å². The highest BCUT2D eigenvalue weighted by Crippen LogP contribution is 2.33. The normalized spacial score (nSPS) is 18.8. The Bertz CT molecular complexity index is 1280. The van der Waals surface area contributed by atoms with Crippen LogP contribution in [0.25, 0.3) is 0 Å². The molecular formula is C33H51N5O9S2. The van der Waals surface area contributed by atoms with Gasteiger partial charge in [-0.1, -0.05) is 83.2 Å². The molecule has 0 spiro atoms. The fourth-order valence-corrected chi connectivity index (χ4v) is 7.51. The summed E-state index contributed by atoms with van der Waals surface area (Å²) in [5.41, 5.74) is -0.174. The number of nitrogens with zero attached hydrogens (tertiary/aromatic N) is 3. The van der Waals surface area contributed by atoms with Gasteiger partial charge in [0.15, 0.2) is 10.8 Å². The number of anilines is 1. The largest absolute Gasteiger partial charge is 0.453 e. The molecule has 274 valence electrons. The fraction of sp³-hybridized carbons (Fsp3) is 0.697. The maximum atomic E-state index is 13.4. The van der Waals surface area contributed by atoms with Crippen molar-refractivity contribution in [3.8, 4) is 0 Å². The molecule has 16 heteroatoms.